The van der Waals surface area contributed by atoms with E-state index < -0.39 is 8.07 Å². The molecule has 0 bridgehead atoms. The summed E-state index contributed by atoms with van der Waals surface area (Å²) in [5.74, 6) is 3.30. The molecule has 0 aromatic heterocycles. The van der Waals surface area contributed by atoms with Crippen LogP contribution in [-0.2, 0) is 0 Å². The van der Waals surface area contributed by atoms with E-state index in [1.807, 2.05) is 6.07 Å². The summed E-state index contributed by atoms with van der Waals surface area (Å²) in [5, 5.41) is 0. The Morgan fingerprint density at radius 3 is 2.20 bits per heavy atom. The van der Waals surface area contributed by atoms with Crippen molar-refractivity contribution < 1.29 is 0 Å². The summed E-state index contributed by atoms with van der Waals surface area (Å²) >= 11 is 0. The molecule has 0 amide bonds. The van der Waals surface area contributed by atoms with E-state index >= 15 is 0 Å². The first-order chi connectivity index (χ1) is 6.90. The van der Waals surface area contributed by atoms with Crippen molar-refractivity contribution in [3.8, 4) is 11.5 Å². The van der Waals surface area contributed by atoms with Gasteiger partial charge in [-0.1, -0.05) is 37.7 Å². The van der Waals surface area contributed by atoms with Crippen molar-refractivity contribution in [3.63, 3.8) is 0 Å². The molecule has 0 spiro atoms. The molecule has 0 unspecified atom stereocenters. The molecule has 0 atom stereocenters. The number of hydrogen-bond acceptors (Lipinski definition) is 1. The summed E-state index contributed by atoms with van der Waals surface area (Å²) in [6, 6.07) is 8.28. The normalized spacial score (nSPS) is 10.5. The Bertz CT molecular complexity index is 391. The van der Waals surface area contributed by atoms with Crippen LogP contribution in [0.4, 0.5) is 5.69 Å². The zero-order valence-corrected chi connectivity index (χ0v) is 11.3. The smallest absolute Gasteiger partial charge is 0.129 e. The van der Waals surface area contributed by atoms with Crippen LogP contribution in [0.5, 0.6) is 0 Å². The summed E-state index contributed by atoms with van der Waals surface area (Å²) in [7, 11) is 2.82. The van der Waals surface area contributed by atoms with Crippen molar-refractivity contribution in [2.45, 2.75) is 19.6 Å². The zero-order chi connectivity index (χ0) is 11.5. The third kappa shape index (κ3) is 3.81. The van der Waals surface area contributed by atoms with E-state index in [0.29, 0.717) is 0 Å². The van der Waals surface area contributed by atoms with Crippen LogP contribution in [0.1, 0.15) is 5.56 Å². The predicted molar refractivity (Wildman–Crippen MR) is 71.0 cm³/mol. The maximum absolute atomic E-state index is 3.40. The van der Waals surface area contributed by atoms with Crippen LogP contribution in [0.15, 0.2) is 24.3 Å². The Labute approximate surface area is 94.1 Å². The average Bonchev–Trinajstić information content (AvgIpc) is 2.14. The molecule has 80 valence electrons. The fourth-order valence-electron chi connectivity index (χ4n) is 1.22. The standard InChI is InChI=1S/C13H19NSi/c1-14(2)13-9-7-6-8-12(13)10-11-15(3,4)5/h6-9H,1-5H3. The van der Waals surface area contributed by atoms with Crippen molar-refractivity contribution in [1.29, 1.82) is 0 Å². The van der Waals surface area contributed by atoms with Crippen LogP contribution < -0.4 is 4.90 Å². The Hall–Kier alpha value is -1.20. The molecule has 1 aromatic carbocycles. The Morgan fingerprint density at radius 1 is 1.07 bits per heavy atom. The SMILES string of the molecule is CN(C)c1ccccc1C#C[Si](C)(C)C. The third-order valence-corrected chi connectivity index (χ3v) is 2.83. The lowest BCUT2D eigenvalue weighted by atomic mass is 10.2. The van der Waals surface area contributed by atoms with Crippen LogP contribution in [0.3, 0.4) is 0 Å². The molecule has 1 aromatic rings. The van der Waals surface area contributed by atoms with E-state index in [1.54, 1.807) is 0 Å². The van der Waals surface area contributed by atoms with Gasteiger partial charge in [0.15, 0.2) is 0 Å². The number of anilines is 1. The predicted octanol–water partition coefficient (Wildman–Crippen LogP) is 2.98. The highest BCUT2D eigenvalue weighted by Gasteiger charge is 2.08. The molecule has 0 N–H and O–H groups in total. The molecule has 0 aliphatic carbocycles. The molecule has 0 saturated carbocycles. The largest absolute Gasteiger partial charge is 0.377 e. The van der Waals surface area contributed by atoms with Crippen LogP contribution in [-0.4, -0.2) is 22.2 Å². The Kier molecular flexibility index (Phi) is 3.60. The van der Waals surface area contributed by atoms with Crippen molar-refractivity contribution in [1.82, 2.24) is 0 Å². The Morgan fingerprint density at radius 2 is 1.67 bits per heavy atom. The quantitative estimate of drug-likeness (QED) is 0.516. The number of rotatable bonds is 1. The van der Waals surface area contributed by atoms with Gasteiger partial charge in [0.2, 0.25) is 0 Å². The number of para-hydroxylation sites is 1. The molecular formula is C13H19NSi. The van der Waals surface area contributed by atoms with Gasteiger partial charge in [0, 0.05) is 19.7 Å². The molecule has 15 heavy (non-hydrogen) atoms. The van der Waals surface area contributed by atoms with Crippen molar-refractivity contribution in [3.05, 3.63) is 29.8 Å². The van der Waals surface area contributed by atoms with E-state index in [-0.39, 0.29) is 0 Å². The summed E-state index contributed by atoms with van der Waals surface area (Å²) in [5.41, 5.74) is 5.72. The number of hydrogen-bond donors (Lipinski definition) is 0. The van der Waals surface area contributed by atoms with E-state index in [0.717, 1.165) is 5.56 Å². The van der Waals surface area contributed by atoms with Crippen LogP contribution in [0.2, 0.25) is 19.6 Å². The first-order valence-corrected chi connectivity index (χ1v) is 8.70. The van der Waals surface area contributed by atoms with Gasteiger partial charge in [-0.25, -0.2) is 0 Å². The lowest BCUT2D eigenvalue weighted by Crippen LogP contribution is -2.16. The molecule has 0 fully saturated rings. The zero-order valence-electron chi connectivity index (χ0n) is 10.3. The fourth-order valence-corrected chi connectivity index (χ4v) is 1.73. The van der Waals surface area contributed by atoms with Crippen LogP contribution in [0.25, 0.3) is 0 Å². The van der Waals surface area contributed by atoms with Gasteiger partial charge >= 0.3 is 0 Å². The van der Waals surface area contributed by atoms with Gasteiger partial charge in [-0.15, -0.1) is 5.54 Å². The summed E-state index contributed by atoms with van der Waals surface area (Å²) in [6.07, 6.45) is 0. The van der Waals surface area contributed by atoms with E-state index in [9.17, 15) is 0 Å². The molecule has 0 radical (unpaired) electrons. The summed E-state index contributed by atoms with van der Waals surface area (Å²) < 4.78 is 0. The number of nitrogens with zero attached hydrogens (tertiary/aromatic N) is 1. The van der Waals surface area contributed by atoms with Crippen molar-refractivity contribution in [2.75, 3.05) is 19.0 Å². The second-order valence-electron chi connectivity index (χ2n) is 4.91. The lowest BCUT2D eigenvalue weighted by molar-refractivity contribution is 1.13. The highest BCUT2D eigenvalue weighted by atomic mass is 28.3. The first-order valence-electron chi connectivity index (χ1n) is 5.20. The van der Waals surface area contributed by atoms with Gasteiger partial charge in [-0.3, -0.25) is 0 Å². The summed E-state index contributed by atoms with van der Waals surface area (Å²) in [4.78, 5) is 2.11. The Balaban J connectivity index is 3.08. The van der Waals surface area contributed by atoms with Gasteiger partial charge in [-0.2, -0.15) is 0 Å². The van der Waals surface area contributed by atoms with Gasteiger partial charge in [0.1, 0.15) is 8.07 Å². The minimum atomic E-state index is -1.28. The fraction of sp³-hybridized carbons (Fsp3) is 0.385. The molecule has 1 nitrogen and oxygen atoms in total. The molecule has 0 aliphatic rings. The second-order valence-corrected chi connectivity index (χ2v) is 9.66. The highest BCUT2D eigenvalue weighted by Crippen LogP contribution is 2.16. The second kappa shape index (κ2) is 4.54. The van der Waals surface area contributed by atoms with E-state index in [1.165, 1.54) is 5.69 Å². The van der Waals surface area contributed by atoms with Crippen LogP contribution in [0, 0.1) is 11.5 Å². The molecule has 0 saturated heterocycles. The van der Waals surface area contributed by atoms with Gasteiger partial charge in [0.25, 0.3) is 0 Å². The van der Waals surface area contributed by atoms with Crippen molar-refractivity contribution in [2.24, 2.45) is 0 Å². The summed E-state index contributed by atoms with van der Waals surface area (Å²) in [6.45, 7) is 6.79. The minimum absolute atomic E-state index is 1.13. The van der Waals surface area contributed by atoms with Gasteiger partial charge < -0.3 is 4.90 Å². The first kappa shape index (κ1) is 11.9. The van der Waals surface area contributed by atoms with Gasteiger partial charge in [-0.05, 0) is 12.1 Å². The molecule has 0 heterocycles. The number of benzene rings is 1. The maximum Gasteiger partial charge on any atom is 0.129 e. The average molecular weight is 217 g/mol. The lowest BCUT2D eigenvalue weighted by Gasteiger charge is -2.14. The monoisotopic (exact) mass is 217 g/mol. The van der Waals surface area contributed by atoms with E-state index in [2.05, 4.69) is 68.3 Å². The minimum Gasteiger partial charge on any atom is -0.377 e. The topological polar surface area (TPSA) is 3.24 Å². The van der Waals surface area contributed by atoms with Crippen molar-refractivity contribution >= 4 is 13.8 Å². The molecule has 0 aliphatic heterocycles. The molecule has 2 heteroatoms. The molecule has 1 rings (SSSR count). The van der Waals surface area contributed by atoms with E-state index in [4.69, 9.17) is 0 Å². The highest BCUT2D eigenvalue weighted by molar-refractivity contribution is 6.83. The third-order valence-electron chi connectivity index (χ3n) is 1.96. The maximum atomic E-state index is 3.40. The van der Waals surface area contributed by atoms with Crippen LogP contribution >= 0.6 is 0 Å². The van der Waals surface area contributed by atoms with Gasteiger partial charge in [0.05, 0.1) is 5.69 Å². The molecular weight excluding hydrogens is 198 g/mol.